The van der Waals surface area contributed by atoms with E-state index in [1.165, 1.54) is 27.6 Å². The quantitative estimate of drug-likeness (QED) is 0.748. The summed E-state index contributed by atoms with van der Waals surface area (Å²) in [5.41, 5.74) is 3.83. The molecule has 0 saturated heterocycles. The van der Waals surface area contributed by atoms with Gasteiger partial charge in [-0.25, -0.2) is 0 Å². The van der Waals surface area contributed by atoms with E-state index in [0.717, 1.165) is 19.4 Å². The molecule has 5 atom stereocenters. The van der Waals surface area contributed by atoms with Gasteiger partial charge in [-0.1, -0.05) is 48.6 Å². The molecule has 3 nitrogen and oxygen atoms in total. The number of anilines is 1. The molecule has 0 saturated carbocycles. The highest BCUT2D eigenvalue weighted by molar-refractivity contribution is 5.96. The van der Waals surface area contributed by atoms with Crippen molar-refractivity contribution in [2.24, 2.45) is 11.8 Å². The van der Waals surface area contributed by atoms with E-state index in [1.54, 1.807) is 0 Å². The molecule has 2 aromatic rings. The summed E-state index contributed by atoms with van der Waals surface area (Å²) >= 11 is 0. The third kappa shape index (κ3) is 1.71. The molecular weight excluding hydrogens is 322 g/mol. The van der Waals surface area contributed by atoms with Gasteiger partial charge in [-0.3, -0.25) is 0 Å². The van der Waals surface area contributed by atoms with Crippen molar-refractivity contribution in [1.29, 1.82) is 0 Å². The van der Waals surface area contributed by atoms with E-state index in [4.69, 9.17) is 0 Å². The lowest BCUT2D eigenvalue weighted by atomic mass is 9.70. The van der Waals surface area contributed by atoms with Gasteiger partial charge in [0.1, 0.15) is 0 Å². The molecule has 0 bridgehead atoms. The van der Waals surface area contributed by atoms with Crippen LogP contribution >= 0.6 is 0 Å². The first-order valence-corrected chi connectivity index (χ1v) is 9.60. The van der Waals surface area contributed by atoms with Gasteiger partial charge in [-0.2, -0.15) is 0 Å². The molecule has 26 heavy (non-hydrogen) atoms. The monoisotopic (exact) mass is 342 g/mol. The lowest BCUT2D eigenvalue weighted by Gasteiger charge is -2.51. The third-order valence-electron chi connectivity index (χ3n) is 6.99. The largest absolute Gasteiger partial charge is 0.548 e. The van der Waals surface area contributed by atoms with Crippen LogP contribution in [0.5, 0.6) is 0 Å². The van der Waals surface area contributed by atoms with Gasteiger partial charge < -0.3 is 14.8 Å². The highest BCUT2D eigenvalue weighted by atomic mass is 16.4. The van der Waals surface area contributed by atoms with Gasteiger partial charge in [0.25, 0.3) is 0 Å². The van der Waals surface area contributed by atoms with Gasteiger partial charge in [0.05, 0.1) is 12.0 Å². The van der Waals surface area contributed by atoms with Crippen LogP contribution in [0.4, 0.5) is 5.69 Å². The number of hydrogen-bond donors (Lipinski definition) is 0. The van der Waals surface area contributed by atoms with Gasteiger partial charge in [0.2, 0.25) is 0 Å². The molecule has 0 spiro atoms. The highest BCUT2D eigenvalue weighted by Crippen LogP contribution is 2.56. The average Bonchev–Trinajstić information content (AvgIpc) is 3.30. The maximum atomic E-state index is 12.2. The SMILES string of the molecule is O=C([O-])[C@H]1[C@H]2CC=C[C@@H]2c2c3c(cc4ccccc24)[C@H]2C=CC[C@@H]2CN31. The average molecular weight is 342 g/mol. The summed E-state index contributed by atoms with van der Waals surface area (Å²) in [5, 5.41) is 14.7. The fourth-order valence-electron chi connectivity index (χ4n) is 5.99. The second-order valence-electron chi connectivity index (χ2n) is 8.17. The Labute approximate surface area is 152 Å². The first kappa shape index (κ1) is 14.6. The minimum Gasteiger partial charge on any atom is -0.548 e. The van der Waals surface area contributed by atoms with Crippen LogP contribution < -0.4 is 10.0 Å². The second kappa shape index (κ2) is 5.00. The van der Waals surface area contributed by atoms with E-state index in [2.05, 4.69) is 59.5 Å². The Hall–Kier alpha value is -2.55. The van der Waals surface area contributed by atoms with E-state index in [0.29, 0.717) is 11.8 Å². The molecule has 6 rings (SSSR count). The molecule has 4 aliphatic rings. The number of allylic oxidation sites excluding steroid dienone is 4. The van der Waals surface area contributed by atoms with E-state index in [1.807, 2.05) is 0 Å². The minimum absolute atomic E-state index is 0.0806. The summed E-state index contributed by atoms with van der Waals surface area (Å²) in [6, 6.07) is 10.4. The molecule has 0 unspecified atom stereocenters. The zero-order valence-electron chi connectivity index (χ0n) is 14.5. The summed E-state index contributed by atoms with van der Waals surface area (Å²) in [6.45, 7) is 0.817. The number of rotatable bonds is 1. The number of hydrogen-bond acceptors (Lipinski definition) is 3. The fraction of sp³-hybridized carbons (Fsp3) is 0.348. The first-order chi connectivity index (χ1) is 12.7. The lowest BCUT2D eigenvalue weighted by molar-refractivity contribution is -0.309. The fourth-order valence-corrected chi connectivity index (χ4v) is 5.99. The predicted molar refractivity (Wildman–Crippen MR) is 100 cm³/mol. The van der Waals surface area contributed by atoms with Gasteiger partial charge in [-0.05, 0) is 52.6 Å². The summed E-state index contributed by atoms with van der Waals surface area (Å²) in [7, 11) is 0. The van der Waals surface area contributed by atoms with Gasteiger partial charge in [0, 0.05) is 24.1 Å². The van der Waals surface area contributed by atoms with Crippen LogP contribution in [0.15, 0.2) is 54.6 Å². The second-order valence-corrected chi connectivity index (χ2v) is 8.17. The minimum atomic E-state index is -0.919. The van der Waals surface area contributed by atoms with Crippen molar-refractivity contribution in [2.45, 2.75) is 30.7 Å². The number of carbonyl (C=O) groups excluding carboxylic acids is 1. The topological polar surface area (TPSA) is 43.4 Å². The van der Waals surface area contributed by atoms with Crippen LogP contribution in [0.3, 0.4) is 0 Å². The number of benzene rings is 2. The lowest BCUT2D eigenvalue weighted by Crippen LogP contribution is -2.58. The van der Waals surface area contributed by atoms with E-state index in [9.17, 15) is 9.90 Å². The summed E-state index contributed by atoms with van der Waals surface area (Å²) in [4.78, 5) is 14.4. The van der Waals surface area contributed by atoms with Gasteiger partial charge in [-0.15, -0.1) is 0 Å². The molecule has 0 fully saturated rings. The molecule has 2 aromatic carbocycles. The molecule has 2 aliphatic heterocycles. The molecular formula is C23H20NO2-. The molecule has 2 aliphatic carbocycles. The Morgan fingerprint density at radius 2 is 1.88 bits per heavy atom. The normalized spacial score (nSPS) is 33.2. The Balaban J connectivity index is 1.72. The maximum absolute atomic E-state index is 12.2. The Kier molecular flexibility index (Phi) is 2.81. The number of nitrogens with zero attached hydrogens (tertiary/aromatic N) is 1. The summed E-state index contributed by atoms with van der Waals surface area (Å²) in [6.07, 6.45) is 10.9. The van der Waals surface area contributed by atoms with Crippen molar-refractivity contribution in [3.8, 4) is 0 Å². The third-order valence-corrected chi connectivity index (χ3v) is 6.99. The van der Waals surface area contributed by atoms with E-state index in [-0.39, 0.29) is 11.8 Å². The molecule has 3 heteroatoms. The van der Waals surface area contributed by atoms with Crippen LogP contribution in [0.25, 0.3) is 10.8 Å². The number of carboxylic acids is 1. The molecule has 0 radical (unpaired) electrons. The van der Waals surface area contributed by atoms with Crippen LogP contribution in [0, 0.1) is 11.8 Å². The van der Waals surface area contributed by atoms with Crippen molar-refractivity contribution in [1.82, 2.24) is 0 Å². The smallest absolute Gasteiger partial charge is 0.0727 e. The number of carbonyl (C=O) groups is 1. The Morgan fingerprint density at radius 1 is 1.08 bits per heavy atom. The molecule has 2 heterocycles. The molecule has 0 N–H and O–H groups in total. The van der Waals surface area contributed by atoms with Crippen molar-refractivity contribution >= 4 is 22.4 Å². The standard InChI is InChI=1S/C23H21NO2/c25-23(26)22-18-10-4-9-17(18)20-16-7-2-1-5-13(16)11-19-15-8-3-6-14(15)12-24(22)21(19)20/h1-5,7-9,11,14-15,17-18,22H,6,10,12H2,(H,25,26)/p-1/t14-,15+,17+,18+,22-/m1/s1. The van der Waals surface area contributed by atoms with Crippen molar-refractivity contribution in [3.63, 3.8) is 0 Å². The van der Waals surface area contributed by atoms with E-state index >= 15 is 0 Å². The van der Waals surface area contributed by atoms with Crippen molar-refractivity contribution < 1.29 is 9.90 Å². The van der Waals surface area contributed by atoms with Crippen molar-refractivity contribution in [2.75, 3.05) is 11.4 Å². The van der Waals surface area contributed by atoms with Crippen molar-refractivity contribution in [3.05, 3.63) is 65.8 Å². The molecule has 0 amide bonds. The summed E-state index contributed by atoms with van der Waals surface area (Å²) < 4.78 is 0. The Bertz CT molecular complexity index is 1000. The first-order valence-electron chi connectivity index (χ1n) is 9.60. The summed E-state index contributed by atoms with van der Waals surface area (Å²) in [5.74, 6) is 0.226. The zero-order chi connectivity index (χ0) is 17.4. The van der Waals surface area contributed by atoms with Crippen LogP contribution in [0.2, 0.25) is 0 Å². The highest BCUT2D eigenvalue weighted by Gasteiger charge is 2.48. The Morgan fingerprint density at radius 3 is 2.77 bits per heavy atom. The van der Waals surface area contributed by atoms with Gasteiger partial charge in [0.15, 0.2) is 0 Å². The number of aliphatic carboxylic acids is 1. The van der Waals surface area contributed by atoms with Crippen LogP contribution in [0.1, 0.15) is 35.8 Å². The molecule has 0 aromatic heterocycles. The zero-order valence-corrected chi connectivity index (χ0v) is 14.5. The maximum Gasteiger partial charge on any atom is 0.0727 e. The van der Waals surface area contributed by atoms with Crippen LogP contribution in [-0.4, -0.2) is 18.6 Å². The number of fused-ring (bicyclic) bond motifs is 6. The van der Waals surface area contributed by atoms with Crippen LogP contribution in [-0.2, 0) is 4.79 Å². The molecule has 130 valence electrons. The number of carboxylic acid groups (broad SMARTS) is 1. The predicted octanol–water partition coefficient (Wildman–Crippen LogP) is 3.11. The van der Waals surface area contributed by atoms with E-state index < -0.39 is 12.0 Å². The van der Waals surface area contributed by atoms with Gasteiger partial charge >= 0.3 is 0 Å².